The Hall–Kier alpha value is -5.70. The predicted octanol–water partition coefficient (Wildman–Crippen LogP) is 4.89. The SMILES string of the molecule is CC(C)(C)OC(=O)N1CCN(Cc2ccc3ncc(-c4cn([C@H]5C[C@H](CNc6ccc7c(c6)C(=O)N(C6CCC(=O)NC6=O)C7=O)C5)nc4C4CC4)nc3c2)CC1. The third-order valence-electron chi connectivity index (χ3n) is 11.7. The molecular formula is C42H47N9O6. The molecule has 3 aliphatic heterocycles. The molecule has 1 unspecified atom stereocenters. The van der Waals surface area contributed by atoms with E-state index in [1.165, 1.54) is 0 Å². The zero-order valence-corrected chi connectivity index (χ0v) is 32.5. The summed E-state index contributed by atoms with van der Waals surface area (Å²) >= 11 is 0. The van der Waals surface area contributed by atoms with E-state index < -0.39 is 35.3 Å². The molecular weight excluding hydrogens is 727 g/mol. The third-order valence-corrected chi connectivity index (χ3v) is 11.7. The Labute approximate surface area is 330 Å². The van der Waals surface area contributed by atoms with E-state index >= 15 is 0 Å². The molecule has 1 atom stereocenters. The highest BCUT2D eigenvalue weighted by Crippen LogP contribution is 2.46. The average Bonchev–Trinajstić information content (AvgIpc) is 3.87. The number of nitrogens with zero attached hydrogens (tertiary/aromatic N) is 7. The van der Waals surface area contributed by atoms with E-state index in [9.17, 15) is 24.0 Å². The van der Waals surface area contributed by atoms with Crippen LogP contribution in [0.15, 0.2) is 48.8 Å². The molecule has 5 aliphatic rings. The van der Waals surface area contributed by atoms with Crippen LogP contribution in [0.1, 0.15) is 103 Å². The molecule has 5 amide bonds. The molecule has 2 saturated carbocycles. The van der Waals surface area contributed by atoms with Crippen LogP contribution in [0.2, 0.25) is 0 Å². The quantitative estimate of drug-likeness (QED) is 0.222. The van der Waals surface area contributed by atoms with E-state index in [2.05, 4.69) is 38.5 Å². The van der Waals surface area contributed by atoms with Gasteiger partial charge in [0.15, 0.2) is 0 Å². The number of aromatic nitrogens is 4. The summed E-state index contributed by atoms with van der Waals surface area (Å²) in [6.07, 6.45) is 8.09. The number of nitrogens with one attached hydrogen (secondary N) is 2. The van der Waals surface area contributed by atoms with E-state index in [-0.39, 0.29) is 36.1 Å². The van der Waals surface area contributed by atoms with Crippen LogP contribution in [0.25, 0.3) is 22.3 Å². The van der Waals surface area contributed by atoms with Crippen LogP contribution in [0.4, 0.5) is 10.5 Å². The minimum Gasteiger partial charge on any atom is -0.444 e. The van der Waals surface area contributed by atoms with Crippen LogP contribution in [0.5, 0.6) is 0 Å². The molecule has 2 aliphatic carbocycles. The molecule has 296 valence electrons. The van der Waals surface area contributed by atoms with E-state index in [1.54, 1.807) is 23.1 Å². The van der Waals surface area contributed by atoms with Crippen molar-refractivity contribution >= 4 is 46.4 Å². The summed E-state index contributed by atoms with van der Waals surface area (Å²) in [5, 5.41) is 10.8. The molecule has 4 fully saturated rings. The molecule has 0 radical (unpaired) electrons. The van der Waals surface area contributed by atoms with Gasteiger partial charge < -0.3 is 15.0 Å². The fourth-order valence-electron chi connectivity index (χ4n) is 8.33. The standard InChI is InChI=1S/C42H47N9O6/c1-42(2,3)57-41(56)49-14-12-48(13-15-49)22-24-4-9-32-33(18-24)45-34(21-44-32)31-23-50(47-37(31)26-5-6-26)28-16-25(17-28)20-43-27-7-8-29-30(19-27)40(55)51(39(29)54)35-10-11-36(52)46-38(35)53/h4,7-9,18-19,21,23,25-26,28,35,43H,5-6,10-17,20,22H2,1-3H3,(H,46,52,53)/t25-,28-,35?. The van der Waals surface area contributed by atoms with Crippen molar-refractivity contribution in [3.05, 3.63) is 71.2 Å². The lowest BCUT2D eigenvalue weighted by Gasteiger charge is -2.35. The molecule has 9 rings (SSSR count). The van der Waals surface area contributed by atoms with Crippen molar-refractivity contribution in [3.63, 3.8) is 0 Å². The minimum atomic E-state index is -0.986. The molecule has 57 heavy (non-hydrogen) atoms. The van der Waals surface area contributed by atoms with Crippen LogP contribution >= 0.6 is 0 Å². The fourth-order valence-corrected chi connectivity index (χ4v) is 8.33. The second-order valence-electron chi connectivity index (χ2n) is 17.1. The molecule has 0 bridgehead atoms. The Kier molecular flexibility index (Phi) is 9.29. The maximum Gasteiger partial charge on any atom is 0.410 e. The Morgan fingerprint density at radius 2 is 1.68 bits per heavy atom. The summed E-state index contributed by atoms with van der Waals surface area (Å²) in [7, 11) is 0. The maximum atomic E-state index is 13.3. The number of carbonyl (C=O) groups is 5. The van der Waals surface area contributed by atoms with Gasteiger partial charge in [0.1, 0.15) is 11.6 Å². The molecule has 15 nitrogen and oxygen atoms in total. The lowest BCUT2D eigenvalue weighted by atomic mass is 9.80. The second-order valence-corrected chi connectivity index (χ2v) is 17.1. The summed E-state index contributed by atoms with van der Waals surface area (Å²) in [5.74, 6) is -1.21. The number of fused-ring (bicyclic) bond motifs is 2. The van der Waals surface area contributed by atoms with Gasteiger partial charge in [0.05, 0.1) is 45.8 Å². The van der Waals surface area contributed by atoms with E-state index in [4.69, 9.17) is 19.8 Å². The van der Waals surface area contributed by atoms with Crippen LogP contribution in [-0.2, 0) is 20.9 Å². The van der Waals surface area contributed by atoms with Crippen molar-refractivity contribution in [3.8, 4) is 11.3 Å². The van der Waals surface area contributed by atoms with Crippen molar-refractivity contribution < 1.29 is 28.7 Å². The number of piperazine rings is 1. The van der Waals surface area contributed by atoms with Gasteiger partial charge in [-0.3, -0.25) is 44.0 Å². The predicted molar refractivity (Wildman–Crippen MR) is 209 cm³/mol. The van der Waals surface area contributed by atoms with Crippen molar-refractivity contribution in [1.82, 2.24) is 39.8 Å². The summed E-state index contributed by atoms with van der Waals surface area (Å²) in [6.45, 7) is 9.94. The Morgan fingerprint density at radius 1 is 0.912 bits per heavy atom. The van der Waals surface area contributed by atoms with Crippen molar-refractivity contribution in [2.24, 2.45) is 5.92 Å². The maximum absolute atomic E-state index is 13.3. The highest BCUT2D eigenvalue weighted by Gasteiger charge is 2.45. The van der Waals surface area contributed by atoms with Gasteiger partial charge >= 0.3 is 6.09 Å². The number of amides is 5. The Balaban J connectivity index is 0.820. The van der Waals surface area contributed by atoms with Crippen molar-refractivity contribution in [2.75, 3.05) is 38.0 Å². The van der Waals surface area contributed by atoms with Gasteiger partial charge in [0, 0.05) is 69.1 Å². The third kappa shape index (κ3) is 7.47. The van der Waals surface area contributed by atoms with E-state index in [1.807, 2.05) is 33.0 Å². The van der Waals surface area contributed by atoms with Gasteiger partial charge in [0.2, 0.25) is 11.8 Å². The first-order valence-corrected chi connectivity index (χ1v) is 20.0. The molecule has 15 heteroatoms. The molecule has 0 spiro atoms. The van der Waals surface area contributed by atoms with Crippen LogP contribution in [-0.4, -0.2) is 109 Å². The molecule has 2 aromatic heterocycles. The van der Waals surface area contributed by atoms with Gasteiger partial charge in [-0.2, -0.15) is 5.10 Å². The Morgan fingerprint density at radius 3 is 2.42 bits per heavy atom. The van der Waals surface area contributed by atoms with Crippen molar-refractivity contribution in [2.45, 2.75) is 89.4 Å². The van der Waals surface area contributed by atoms with Gasteiger partial charge in [-0.15, -0.1) is 0 Å². The molecule has 4 aromatic rings. The second kappa shape index (κ2) is 14.4. The van der Waals surface area contributed by atoms with Crippen LogP contribution in [0, 0.1) is 5.92 Å². The zero-order valence-electron chi connectivity index (χ0n) is 32.5. The van der Waals surface area contributed by atoms with Crippen LogP contribution in [0.3, 0.4) is 0 Å². The summed E-state index contributed by atoms with van der Waals surface area (Å²) < 4.78 is 7.67. The van der Waals surface area contributed by atoms with Crippen LogP contribution < -0.4 is 10.6 Å². The summed E-state index contributed by atoms with van der Waals surface area (Å²) in [5.41, 5.74) is 6.57. The monoisotopic (exact) mass is 773 g/mol. The molecule has 5 heterocycles. The number of carbonyl (C=O) groups excluding carboxylic acids is 5. The number of hydrogen-bond donors (Lipinski definition) is 2. The average molecular weight is 774 g/mol. The molecule has 2 N–H and O–H groups in total. The van der Waals surface area contributed by atoms with Gasteiger partial charge in [-0.1, -0.05) is 6.07 Å². The topological polar surface area (TPSA) is 172 Å². The fraction of sp³-hybridized carbons (Fsp3) is 0.476. The first-order valence-electron chi connectivity index (χ1n) is 20.0. The largest absolute Gasteiger partial charge is 0.444 e. The van der Waals surface area contributed by atoms with Gasteiger partial charge in [-0.05, 0) is 94.7 Å². The highest BCUT2D eigenvalue weighted by molar-refractivity contribution is 6.23. The van der Waals surface area contributed by atoms with Gasteiger partial charge in [0.25, 0.3) is 11.8 Å². The number of hydrogen-bond acceptors (Lipinski definition) is 11. The Bertz CT molecular complexity index is 2300. The highest BCUT2D eigenvalue weighted by atomic mass is 16.6. The normalized spacial score (nSPS) is 22.8. The summed E-state index contributed by atoms with van der Waals surface area (Å²) in [4.78, 5) is 77.9. The number of rotatable bonds is 9. The first kappa shape index (κ1) is 36.9. The number of benzene rings is 2. The number of anilines is 1. The number of ether oxygens (including phenoxy) is 1. The molecule has 2 saturated heterocycles. The van der Waals surface area contributed by atoms with Gasteiger partial charge in [-0.25, -0.2) is 9.78 Å². The number of imide groups is 2. The van der Waals surface area contributed by atoms with Crippen molar-refractivity contribution in [1.29, 1.82) is 0 Å². The minimum absolute atomic E-state index is 0.0834. The van der Waals surface area contributed by atoms with E-state index in [0.29, 0.717) is 31.5 Å². The smallest absolute Gasteiger partial charge is 0.410 e. The number of piperidine rings is 1. The zero-order chi connectivity index (χ0) is 39.6. The molecule has 2 aromatic carbocycles. The first-order chi connectivity index (χ1) is 27.4. The lowest BCUT2D eigenvalue weighted by molar-refractivity contribution is -0.136. The lowest BCUT2D eigenvalue weighted by Crippen LogP contribution is -2.54. The summed E-state index contributed by atoms with van der Waals surface area (Å²) in [6, 6.07) is 10.6. The van der Waals surface area contributed by atoms with E-state index in [0.717, 1.165) is 89.5 Å².